The molecule has 98 valence electrons. The summed E-state index contributed by atoms with van der Waals surface area (Å²) in [6.45, 7) is 4.38. The number of hydroxylamine groups is 1. The molecule has 0 fully saturated rings. The zero-order valence-electron chi connectivity index (χ0n) is 11.3. The Balaban J connectivity index is 3.03. The third kappa shape index (κ3) is 10.4. The topological polar surface area (TPSA) is 32.3 Å². The summed E-state index contributed by atoms with van der Waals surface area (Å²) in [6, 6.07) is 0.310. The molecule has 0 bridgehead atoms. The Hall–Kier alpha value is -0.0800. The highest BCUT2D eigenvalue weighted by Gasteiger charge is 2.02. The van der Waals surface area contributed by atoms with Crippen molar-refractivity contribution in [3.05, 3.63) is 0 Å². The van der Waals surface area contributed by atoms with Gasteiger partial charge in [0.05, 0.1) is 0 Å². The molecule has 0 aromatic carbocycles. The van der Waals surface area contributed by atoms with Crippen molar-refractivity contribution in [2.45, 2.75) is 90.5 Å². The summed E-state index contributed by atoms with van der Waals surface area (Å²) in [7, 11) is 0. The molecule has 2 heteroatoms. The summed E-state index contributed by atoms with van der Waals surface area (Å²) >= 11 is 0. The first-order valence-corrected chi connectivity index (χ1v) is 7.24. The smallest absolute Gasteiger partial charge is 0.0317 e. The molecule has 2 nitrogen and oxygen atoms in total. The summed E-state index contributed by atoms with van der Waals surface area (Å²) in [5.74, 6) is 0. The van der Waals surface area contributed by atoms with Gasteiger partial charge in [-0.25, -0.2) is 5.48 Å². The molecule has 0 aromatic rings. The molecular formula is C14H31NO. The third-order valence-electron chi connectivity index (χ3n) is 3.33. The lowest BCUT2D eigenvalue weighted by Gasteiger charge is -2.11. The van der Waals surface area contributed by atoms with Gasteiger partial charge < -0.3 is 5.21 Å². The van der Waals surface area contributed by atoms with Crippen molar-refractivity contribution >= 4 is 0 Å². The second-order valence-corrected chi connectivity index (χ2v) is 4.85. The van der Waals surface area contributed by atoms with Crippen LogP contribution in [-0.2, 0) is 0 Å². The van der Waals surface area contributed by atoms with Crippen LogP contribution in [0.25, 0.3) is 0 Å². The molecule has 0 heterocycles. The van der Waals surface area contributed by atoms with Crippen LogP contribution in [0, 0.1) is 0 Å². The van der Waals surface area contributed by atoms with Gasteiger partial charge in [-0.3, -0.25) is 0 Å². The number of unbranched alkanes of at least 4 members (excludes halogenated alkanes) is 8. The van der Waals surface area contributed by atoms with E-state index in [4.69, 9.17) is 5.21 Å². The van der Waals surface area contributed by atoms with E-state index in [1.165, 1.54) is 57.8 Å². The minimum absolute atomic E-state index is 0.310. The van der Waals surface area contributed by atoms with Crippen LogP contribution in [0.1, 0.15) is 84.5 Å². The van der Waals surface area contributed by atoms with Gasteiger partial charge in [0.15, 0.2) is 0 Å². The first-order valence-electron chi connectivity index (χ1n) is 7.24. The van der Waals surface area contributed by atoms with Gasteiger partial charge in [0.1, 0.15) is 0 Å². The second-order valence-electron chi connectivity index (χ2n) is 4.85. The van der Waals surface area contributed by atoms with E-state index in [0.717, 1.165) is 12.8 Å². The van der Waals surface area contributed by atoms with Gasteiger partial charge >= 0.3 is 0 Å². The average molecular weight is 229 g/mol. The van der Waals surface area contributed by atoms with Crippen LogP contribution in [0.5, 0.6) is 0 Å². The summed E-state index contributed by atoms with van der Waals surface area (Å²) in [5, 5.41) is 8.80. The molecule has 1 unspecified atom stereocenters. The Bertz CT molecular complexity index is 124. The molecule has 0 rings (SSSR count). The van der Waals surface area contributed by atoms with Gasteiger partial charge in [0.25, 0.3) is 0 Å². The Morgan fingerprint density at radius 2 is 1.31 bits per heavy atom. The molecule has 0 aromatic heterocycles. The van der Waals surface area contributed by atoms with Gasteiger partial charge in [0, 0.05) is 6.04 Å². The molecule has 0 aliphatic heterocycles. The predicted molar refractivity (Wildman–Crippen MR) is 70.8 cm³/mol. The average Bonchev–Trinajstić information content (AvgIpc) is 2.32. The molecule has 16 heavy (non-hydrogen) atoms. The molecule has 0 radical (unpaired) electrons. The quantitative estimate of drug-likeness (QED) is 0.377. The molecule has 1 atom stereocenters. The summed E-state index contributed by atoms with van der Waals surface area (Å²) in [4.78, 5) is 0. The van der Waals surface area contributed by atoms with E-state index in [-0.39, 0.29) is 0 Å². The van der Waals surface area contributed by atoms with E-state index in [1.54, 1.807) is 0 Å². The van der Waals surface area contributed by atoms with Gasteiger partial charge in [-0.2, -0.15) is 0 Å². The van der Waals surface area contributed by atoms with Crippen LogP contribution >= 0.6 is 0 Å². The maximum Gasteiger partial charge on any atom is 0.0317 e. The van der Waals surface area contributed by atoms with E-state index in [1.807, 2.05) is 0 Å². The standard InChI is InChI=1S/C14H31NO/c1-3-5-6-7-8-9-10-11-12-13-14(4-2)15-16/h14-16H,3-13H2,1-2H3. The number of hydrogen-bond donors (Lipinski definition) is 2. The monoisotopic (exact) mass is 229 g/mol. The van der Waals surface area contributed by atoms with E-state index >= 15 is 0 Å². The van der Waals surface area contributed by atoms with Crippen LogP contribution in [0.2, 0.25) is 0 Å². The first kappa shape index (κ1) is 15.9. The highest BCUT2D eigenvalue weighted by molar-refractivity contribution is 4.59. The van der Waals surface area contributed by atoms with Gasteiger partial charge in [-0.1, -0.05) is 71.6 Å². The van der Waals surface area contributed by atoms with E-state index in [2.05, 4.69) is 19.3 Å². The predicted octanol–water partition coefficient (Wildman–Crippen LogP) is 4.66. The summed E-state index contributed by atoms with van der Waals surface area (Å²) in [5.41, 5.74) is 2.38. The van der Waals surface area contributed by atoms with Crippen LogP contribution in [0.4, 0.5) is 0 Å². The first-order chi connectivity index (χ1) is 7.85. The van der Waals surface area contributed by atoms with Gasteiger partial charge in [-0.15, -0.1) is 0 Å². The lowest BCUT2D eigenvalue weighted by atomic mass is 10.0. The van der Waals surface area contributed by atoms with Crippen molar-refractivity contribution in [2.75, 3.05) is 0 Å². The van der Waals surface area contributed by atoms with Crippen LogP contribution in [-0.4, -0.2) is 11.2 Å². The van der Waals surface area contributed by atoms with Crippen LogP contribution in [0.3, 0.4) is 0 Å². The normalized spacial score (nSPS) is 12.9. The van der Waals surface area contributed by atoms with Crippen molar-refractivity contribution in [3.8, 4) is 0 Å². The number of rotatable bonds is 12. The minimum atomic E-state index is 0.310. The SMILES string of the molecule is CCCCCCCCCCCC(CC)NO. The Morgan fingerprint density at radius 3 is 1.75 bits per heavy atom. The van der Waals surface area contributed by atoms with Crippen LogP contribution < -0.4 is 5.48 Å². The zero-order chi connectivity index (χ0) is 12.1. The van der Waals surface area contributed by atoms with E-state index < -0.39 is 0 Å². The Kier molecular flexibility index (Phi) is 12.9. The van der Waals surface area contributed by atoms with Crippen molar-refractivity contribution in [2.24, 2.45) is 0 Å². The Morgan fingerprint density at radius 1 is 0.812 bits per heavy atom. The van der Waals surface area contributed by atoms with E-state index in [9.17, 15) is 0 Å². The Labute approximate surface area is 102 Å². The fourth-order valence-corrected chi connectivity index (χ4v) is 2.06. The fraction of sp³-hybridized carbons (Fsp3) is 1.00. The highest BCUT2D eigenvalue weighted by Crippen LogP contribution is 2.11. The largest absolute Gasteiger partial charge is 0.317 e. The van der Waals surface area contributed by atoms with Crippen molar-refractivity contribution in [1.82, 2.24) is 5.48 Å². The molecular weight excluding hydrogens is 198 g/mol. The molecule has 0 amide bonds. The summed E-state index contributed by atoms with van der Waals surface area (Å²) in [6.07, 6.45) is 14.5. The van der Waals surface area contributed by atoms with Crippen molar-refractivity contribution in [1.29, 1.82) is 0 Å². The lowest BCUT2D eigenvalue weighted by molar-refractivity contribution is 0.118. The molecule has 2 N–H and O–H groups in total. The zero-order valence-corrected chi connectivity index (χ0v) is 11.3. The molecule has 0 saturated carbocycles. The maximum atomic E-state index is 8.80. The van der Waals surface area contributed by atoms with Gasteiger partial charge in [0.2, 0.25) is 0 Å². The summed E-state index contributed by atoms with van der Waals surface area (Å²) < 4.78 is 0. The van der Waals surface area contributed by atoms with Crippen LogP contribution in [0.15, 0.2) is 0 Å². The van der Waals surface area contributed by atoms with Gasteiger partial charge in [-0.05, 0) is 12.8 Å². The molecule has 0 aliphatic carbocycles. The molecule has 0 saturated heterocycles. The molecule has 0 aliphatic rings. The highest BCUT2D eigenvalue weighted by atomic mass is 16.5. The lowest BCUT2D eigenvalue weighted by Crippen LogP contribution is -2.24. The van der Waals surface area contributed by atoms with Crippen molar-refractivity contribution in [3.63, 3.8) is 0 Å². The van der Waals surface area contributed by atoms with E-state index in [0.29, 0.717) is 6.04 Å². The number of nitrogens with one attached hydrogen (secondary N) is 1. The van der Waals surface area contributed by atoms with Crippen molar-refractivity contribution < 1.29 is 5.21 Å². The number of hydrogen-bond acceptors (Lipinski definition) is 2. The molecule has 0 spiro atoms. The third-order valence-corrected chi connectivity index (χ3v) is 3.33. The second kappa shape index (κ2) is 13.0. The fourth-order valence-electron chi connectivity index (χ4n) is 2.06. The maximum absolute atomic E-state index is 8.80. The minimum Gasteiger partial charge on any atom is -0.317 e.